The van der Waals surface area contributed by atoms with Crippen LogP contribution < -0.4 is 5.73 Å². The van der Waals surface area contributed by atoms with E-state index in [-0.39, 0.29) is 0 Å². The number of benzene rings is 1. The minimum Gasteiger partial charge on any atom is -0.394 e. The molecule has 0 saturated heterocycles. The van der Waals surface area contributed by atoms with Crippen LogP contribution in [-0.4, -0.2) is 5.16 Å². The van der Waals surface area contributed by atoms with Crippen LogP contribution in [0.1, 0.15) is 17.0 Å². The van der Waals surface area contributed by atoms with Gasteiger partial charge in [0.15, 0.2) is 5.76 Å². The average Bonchev–Trinajstić information content (AvgIpc) is 2.60. The zero-order chi connectivity index (χ0) is 11.5. The number of aromatic nitrogens is 1. The van der Waals surface area contributed by atoms with E-state index in [4.69, 9.17) is 10.3 Å². The molecule has 0 bridgehead atoms. The number of halogens is 1. The van der Waals surface area contributed by atoms with Crippen LogP contribution >= 0.6 is 15.9 Å². The minimum atomic E-state index is 0.591. The standard InChI is InChI=1S/C12H11BrN2O/c1-8-12(14)11(15-16-8)7-4-9-2-5-10(13)6-3-9/h2-7H,14H2,1H3/b7-4+. The van der Waals surface area contributed by atoms with Gasteiger partial charge in [0.05, 0.1) is 0 Å². The van der Waals surface area contributed by atoms with Crippen molar-refractivity contribution in [3.8, 4) is 0 Å². The highest BCUT2D eigenvalue weighted by molar-refractivity contribution is 9.10. The van der Waals surface area contributed by atoms with E-state index in [1.807, 2.05) is 36.4 Å². The SMILES string of the molecule is Cc1onc(/C=C/c2ccc(Br)cc2)c1N. The van der Waals surface area contributed by atoms with Crippen molar-refractivity contribution in [2.45, 2.75) is 6.92 Å². The summed E-state index contributed by atoms with van der Waals surface area (Å²) < 4.78 is 6.03. The molecule has 4 heteroatoms. The van der Waals surface area contributed by atoms with E-state index in [0.717, 1.165) is 10.0 Å². The van der Waals surface area contributed by atoms with E-state index in [1.165, 1.54) is 0 Å². The topological polar surface area (TPSA) is 52.0 Å². The summed E-state index contributed by atoms with van der Waals surface area (Å²) in [5.41, 5.74) is 8.12. The molecule has 0 radical (unpaired) electrons. The summed E-state index contributed by atoms with van der Waals surface area (Å²) in [6.07, 6.45) is 3.79. The lowest BCUT2D eigenvalue weighted by atomic mass is 10.2. The van der Waals surface area contributed by atoms with Crippen molar-refractivity contribution in [2.24, 2.45) is 0 Å². The number of hydrogen-bond donors (Lipinski definition) is 1. The summed E-state index contributed by atoms with van der Waals surface area (Å²) in [5, 5.41) is 3.85. The number of nitrogen functional groups attached to an aromatic ring is 1. The molecule has 0 aliphatic carbocycles. The van der Waals surface area contributed by atoms with Crippen LogP contribution in [0.2, 0.25) is 0 Å². The molecule has 1 aromatic carbocycles. The van der Waals surface area contributed by atoms with Gasteiger partial charge in [0.1, 0.15) is 11.4 Å². The smallest absolute Gasteiger partial charge is 0.157 e. The van der Waals surface area contributed by atoms with Gasteiger partial charge in [0.25, 0.3) is 0 Å². The molecule has 1 aromatic heterocycles. The van der Waals surface area contributed by atoms with Gasteiger partial charge in [0.2, 0.25) is 0 Å². The molecular formula is C12H11BrN2O. The predicted molar refractivity (Wildman–Crippen MR) is 68.7 cm³/mol. The third-order valence-electron chi connectivity index (χ3n) is 2.24. The number of anilines is 1. The summed E-state index contributed by atoms with van der Waals surface area (Å²) in [5.74, 6) is 0.649. The van der Waals surface area contributed by atoms with Gasteiger partial charge in [-0.3, -0.25) is 0 Å². The van der Waals surface area contributed by atoms with Crippen molar-refractivity contribution in [1.29, 1.82) is 0 Å². The van der Waals surface area contributed by atoms with Crippen LogP contribution in [-0.2, 0) is 0 Å². The Kier molecular flexibility index (Phi) is 3.10. The summed E-state index contributed by atoms with van der Waals surface area (Å²) in [6.45, 7) is 1.79. The number of rotatable bonds is 2. The summed E-state index contributed by atoms with van der Waals surface area (Å²) in [7, 11) is 0. The van der Waals surface area contributed by atoms with Crippen LogP contribution in [0.15, 0.2) is 33.3 Å². The Morgan fingerprint density at radius 3 is 2.50 bits per heavy atom. The molecule has 0 aliphatic heterocycles. The van der Waals surface area contributed by atoms with Gasteiger partial charge >= 0.3 is 0 Å². The lowest BCUT2D eigenvalue weighted by Gasteiger charge is -1.93. The highest BCUT2D eigenvalue weighted by Gasteiger charge is 2.04. The highest BCUT2D eigenvalue weighted by Crippen LogP contribution is 2.18. The van der Waals surface area contributed by atoms with Gasteiger partial charge in [-0.25, -0.2) is 0 Å². The van der Waals surface area contributed by atoms with Crippen LogP contribution in [0, 0.1) is 6.92 Å². The zero-order valence-electron chi connectivity index (χ0n) is 8.77. The molecule has 82 valence electrons. The first-order chi connectivity index (χ1) is 7.66. The molecule has 2 N–H and O–H groups in total. The fourth-order valence-electron chi connectivity index (χ4n) is 1.27. The Morgan fingerprint density at radius 2 is 1.94 bits per heavy atom. The molecular weight excluding hydrogens is 268 g/mol. The molecule has 16 heavy (non-hydrogen) atoms. The molecule has 0 amide bonds. The maximum Gasteiger partial charge on any atom is 0.157 e. The van der Waals surface area contributed by atoms with E-state index in [9.17, 15) is 0 Å². The average molecular weight is 279 g/mol. The van der Waals surface area contributed by atoms with Gasteiger partial charge in [-0.05, 0) is 30.7 Å². The van der Waals surface area contributed by atoms with Crippen molar-refractivity contribution in [3.05, 3.63) is 45.8 Å². The van der Waals surface area contributed by atoms with Gasteiger partial charge < -0.3 is 10.3 Å². The quantitative estimate of drug-likeness (QED) is 0.915. The first kappa shape index (κ1) is 11.0. The fraction of sp³-hybridized carbons (Fsp3) is 0.0833. The van der Waals surface area contributed by atoms with Crippen LogP contribution in [0.3, 0.4) is 0 Å². The zero-order valence-corrected chi connectivity index (χ0v) is 10.4. The Balaban J connectivity index is 2.21. The van der Waals surface area contributed by atoms with Gasteiger partial charge in [-0.15, -0.1) is 0 Å². The third-order valence-corrected chi connectivity index (χ3v) is 2.77. The normalized spacial score (nSPS) is 11.1. The first-order valence-corrected chi connectivity index (χ1v) is 5.61. The van der Waals surface area contributed by atoms with E-state index < -0.39 is 0 Å². The predicted octanol–water partition coefficient (Wildman–Crippen LogP) is 3.50. The molecule has 2 aromatic rings. The van der Waals surface area contributed by atoms with Crippen LogP contribution in [0.5, 0.6) is 0 Å². The lowest BCUT2D eigenvalue weighted by molar-refractivity contribution is 0.397. The van der Waals surface area contributed by atoms with Crippen LogP contribution in [0.25, 0.3) is 12.2 Å². The maximum absolute atomic E-state index is 5.78. The first-order valence-electron chi connectivity index (χ1n) is 4.82. The van der Waals surface area contributed by atoms with E-state index in [0.29, 0.717) is 17.1 Å². The number of nitrogens with two attached hydrogens (primary N) is 1. The Hall–Kier alpha value is -1.55. The summed E-state index contributed by atoms with van der Waals surface area (Å²) >= 11 is 3.38. The highest BCUT2D eigenvalue weighted by atomic mass is 79.9. The van der Waals surface area contributed by atoms with Gasteiger partial charge in [0, 0.05) is 4.47 Å². The van der Waals surface area contributed by atoms with Gasteiger partial charge in [-0.2, -0.15) is 0 Å². The molecule has 3 nitrogen and oxygen atoms in total. The van der Waals surface area contributed by atoms with Crippen molar-refractivity contribution >= 4 is 33.8 Å². The second-order valence-electron chi connectivity index (χ2n) is 3.42. The molecule has 1 heterocycles. The number of aryl methyl sites for hydroxylation is 1. The molecule has 0 saturated carbocycles. The van der Waals surface area contributed by atoms with Gasteiger partial charge in [-0.1, -0.05) is 39.3 Å². The molecule has 0 atom stereocenters. The summed E-state index contributed by atoms with van der Waals surface area (Å²) in [4.78, 5) is 0. The fourth-order valence-corrected chi connectivity index (χ4v) is 1.53. The van der Waals surface area contributed by atoms with Crippen LogP contribution in [0.4, 0.5) is 5.69 Å². The van der Waals surface area contributed by atoms with Crippen molar-refractivity contribution in [1.82, 2.24) is 5.16 Å². The molecule has 0 fully saturated rings. The van der Waals surface area contributed by atoms with E-state index in [2.05, 4.69) is 21.1 Å². The Bertz CT molecular complexity index is 514. The van der Waals surface area contributed by atoms with E-state index in [1.54, 1.807) is 6.92 Å². The molecule has 0 spiro atoms. The maximum atomic E-state index is 5.78. The number of nitrogens with zero attached hydrogens (tertiary/aromatic N) is 1. The largest absolute Gasteiger partial charge is 0.394 e. The third kappa shape index (κ3) is 2.33. The molecule has 0 aliphatic rings. The Labute approximate surface area is 102 Å². The monoisotopic (exact) mass is 278 g/mol. The molecule has 2 rings (SSSR count). The Morgan fingerprint density at radius 1 is 1.25 bits per heavy atom. The minimum absolute atomic E-state index is 0.591. The van der Waals surface area contributed by atoms with Crippen molar-refractivity contribution in [3.63, 3.8) is 0 Å². The second kappa shape index (κ2) is 4.53. The van der Waals surface area contributed by atoms with Crippen molar-refractivity contribution < 1.29 is 4.52 Å². The number of hydrogen-bond acceptors (Lipinski definition) is 3. The molecule has 0 unspecified atom stereocenters. The summed E-state index contributed by atoms with van der Waals surface area (Å²) in [6, 6.07) is 7.97. The second-order valence-corrected chi connectivity index (χ2v) is 4.34. The van der Waals surface area contributed by atoms with Crippen molar-refractivity contribution in [2.75, 3.05) is 5.73 Å². The lowest BCUT2D eigenvalue weighted by Crippen LogP contribution is -1.86. The van der Waals surface area contributed by atoms with E-state index >= 15 is 0 Å².